The fourth-order valence-corrected chi connectivity index (χ4v) is 4.86. The van der Waals surface area contributed by atoms with E-state index >= 15 is 0 Å². The number of imide groups is 1. The lowest BCUT2D eigenvalue weighted by atomic mass is 9.89. The summed E-state index contributed by atoms with van der Waals surface area (Å²) in [7, 11) is 2.80. The van der Waals surface area contributed by atoms with Gasteiger partial charge >= 0.3 is 0 Å². The molecule has 0 spiro atoms. The van der Waals surface area contributed by atoms with E-state index in [1.54, 1.807) is 49.4 Å². The van der Waals surface area contributed by atoms with Crippen LogP contribution in [-0.4, -0.2) is 37.1 Å². The van der Waals surface area contributed by atoms with Crippen LogP contribution in [-0.2, 0) is 14.4 Å². The smallest absolute Gasteiger partial charge is 0.278 e. The Bertz CT molecular complexity index is 1360. The minimum Gasteiger partial charge on any atom is -0.493 e. The fourth-order valence-electron chi connectivity index (χ4n) is 4.86. The number of fused-ring (bicyclic) bond motifs is 1. The second-order valence-electron chi connectivity index (χ2n) is 8.48. The number of nitrogens with zero attached hydrogens (tertiary/aromatic N) is 3. The number of hydrogen-bond acceptors (Lipinski definition) is 8. The van der Waals surface area contributed by atoms with Crippen LogP contribution < -0.4 is 19.4 Å². The van der Waals surface area contributed by atoms with Crippen molar-refractivity contribution < 1.29 is 28.8 Å². The van der Waals surface area contributed by atoms with Crippen LogP contribution in [0.3, 0.4) is 0 Å². The van der Waals surface area contributed by atoms with Crippen LogP contribution in [0.1, 0.15) is 17.2 Å². The summed E-state index contributed by atoms with van der Waals surface area (Å²) in [6.45, 7) is 1.80. The number of amides is 2. The molecule has 10 nitrogen and oxygen atoms in total. The first-order valence-electron chi connectivity index (χ1n) is 11.2. The summed E-state index contributed by atoms with van der Waals surface area (Å²) in [6, 6.07) is 17.6. The van der Waals surface area contributed by atoms with Crippen LogP contribution in [0, 0.1) is 23.0 Å². The summed E-state index contributed by atoms with van der Waals surface area (Å²) in [5.41, 5.74) is 1.63. The van der Waals surface area contributed by atoms with E-state index in [4.69, 9.17) is 14.3 Å². The van der Waals surface area contributed by atoms with Crippen LogP contribution in [0.2, 0.25) is 0 Å². The van der Waals surface area contributed by atoms with E-state index in [-0.39, 0.29) is 22.7 Å². The molecule has 2 amide bonds. The van der Waals surface area contributed by atoms with Crippen molar-refractivity contribution in [2.45, 2.75) is 19.1 Å². The lowest BCUT2D eigenvalue weighted by Gasteiger charge is -2.29. The van der Waals surface area contributed by atoms with Crippen molar-refractivity contribution in [2.75, 3.05) is 24.2 Å². The van der Waals surface area contributed by atoms with Gasteiger partial charge in [0.25, 0.3) is 11.6 Å². The first-order valence-corrected chi connectivity index (χ1v) is 11.2. The molecule has 2 fully saturated rings. The number of carbonyl (C=O) groups is 2. The number of nitro groups is 1. The molecule has 0 N–H and O–H groups in total. The Morgan fingerprint density at radius 2 is 1.56 bits per heavy atom. The van der Waals surface area contributed by atoms with E-state index in [9.17, 15) is 19.7 Å². The van der Waals surface area contributed by atoms with E-state index in [0.29, 0.717) is 11.4 Å². The maximum Gasteiger partial charge on any atom is 0.278 e. The molecule has 0 aliphatic carbocycles. The van der Waals surface area contributed by atoms with Gasteiger partial charge in [-0.2, -0.15) is 0 Å². The number of hydrogen-bond donors (Lipinski definition) is 0. The number of hydroxylamine groups is 1. The predicted molar refractivity (Wildman–Crippen MR) is 130 cm³/mol. The molecule has 3 aromatic rings. The molecular formula is C26H23N3O7. The van der Waals surface area contributed by atoms with Crippen LogP contribution in [0.25, 0.3) is 0 Å². The molecule has 3 aromatic carbocycles. The van der Waals surface area contributed by atoms with Gasteiger partial charge < -0.3 is 9.47 Å². The van der Waals surface area contributed by atoms with Gasteiger partial charge in [0, 0.05) is 0 Å². The SMILES string of the molecule is COc1cc([C@H]2[C@H]3C(=O)N(c4ccccc4C)C(=O)[C@H]3ON2c2ccccc2)c([N+](=O)[O-])cc1OC. The maximum atomic E-state index is 13.8. The van der Waals surface area contributed by atoms with E-state index in [1.807, 2.05) is 12.1 Å². The summed E-state index contributed by atoms with van der Waals surface area (Å²) in [4.78, 5) is 46.2. The molecule has 184 valence electrons. The molecule has 2 aliphatic heterocycles. The summed E-state index contributed by atoms with van der Waals surface area (Å²) < 4.78 is 10.7. The van der Waals surface area contributed by atoms with Crippen molar-refractivity contribution in [1.82, 2.24) is 0 Å². The highest BCUT2D eigenvalue weighted by molar-refractivity contribution is 6.24. The first kappa shape index (κ1) is 23.3. The number of para-hydroxylation sites is 2. The second kappa shape index (κ2) is 8.97. The zero-order valence-electron chi connectivity index (χ0n) is 19.8. The molecule has 0 bridgehead atoms. The number of aryl methyl sites for hydroxylation is 1. The van der Waals surface area contributed by atoms with E-state index in [1.165, 1.54) is 31.4 Å². The molecule has 3 atom stereocenters. The Kier molecular flexibility index (Phi) is 5.81. The van der Waals surface area contributed by atoms with Gasteiger partial charge in [-0.15, -0.1) is 0 Å². The zero-order chi connectivity index (χ0) is 25.6. The average Bonchev–Trinajstić information content (AvgIpc) is 3.39. The van der Waals surface area contributed by atoms with E-state index in [2.05, 4.69) is 0 Å². The van der Waals surface area contributed by atoms with Crippen LogP contribution >= 0.6 is 0 Å². The molecular weight excluding hydrogens is 466 g/mol. The van der Waals surface area contributed by atoms with Crippen molar-refractivity contribution >= 4 is 28.9 Å². The normalized spacial score (nSPS) is 21.0. The van der Waals surface area contributed by atoms with Crippen LogP contribution in [0.4, 0.5) is 17.1 Å². The maximum absolute atomic E-state index is 13.8. The van der Waals surface area contributed by atoms with E-state index < -0.39 is 34.8 Å². The van der Waals surface area contributed by atoms with Gasteiger partial charge in [0.15, 0.2) is 17.6 Å². The quantitative estimate of drug-likeness (QED) is 0.291. The van der Waals surface area contributed by atoms with Gasteiger partial charge in [0.05, 0.1) is 42.1 Å². The molecule has 2 aliphatic rings. The van der Waals surface area contributed by atoms with Gasteiger partial charge in [0.1, 0.15) is 12.0 Å². The summed E-state index contributed by atoms with van der Waals surface area (Å²) in [5, 5.41) is 13.6. The second-order valence-corrected chi connectivity index (χ2v) is 8.48. The third-order valence-electron chi connectivity index (χ3n) is 6.53. The number of nitro benzene ring substituents is 1. The Morgan fingerprint density at radius 3 is 2.19 bits per heavy atom. The van der Waals surface area contributed by atoms with Crippen LogP contribution in [0.5, 0.6) is 11.5 Å². The minimum atomic E-state index is -1.16. The minimum absolute atomic E-state index is 0.168. The third kappa shape index (κ3) is 3.54. The highest BCUT2D eigenvalue weighted by atomic mass is 16.7. The summed E-state index contributed by atoms with van der Waals surface area (Å²) in [5.74, 6) is -1.63. The molecule has 2 saturated heterocycles. The number of ether oxygens (including phenoxy) is 2. The number of benzene rings is 3. The first-order chi connectivity index (χ1) is 17.4. The Labute approximate surface area is 206 Å². The fraction of sp³-hybridized carbons (Fsp3) is 0.231. The zero-order valence-corrected chi connectivity index (χ0v) is 19.8. The number of carbonyl (C=O) groups excluding carboxylic acids is 2. The number of rotatable bonds is 6. The number of methoxy groups -OCH3 is 2. The van der Waals surface area contributed by atoms with Gasteiger partial charge in [0.2, 0.25) is 5.91 Å². The highest BCUT2D eigenvalue weighted by Gasteiger charge is 2.61. The van der Waals surface area contributed by atoms with Gasteiger partial charge in [-0.3, -0.25) is 24.5 Å². The topological polar surface area (TPSA) is 111 Å². The van der Waals surface area contributed by atoms with Crippen molar-refractivity contribution in [3.63, 3.8) is 0 Å². The van der Waals surface area contributed by atoms with Gasteiger partial charge in [-0.1, -0.05) is 36.4 Å². The van der Waals surface area contributed by atoms with Crippen molar-refractivity contribution in [1.29, 1.82) is 0 Å². The molecule has 0 radical (unpaired) electrons. The molecule has 0 saturated carbocycles. The average molecular weight is 489 g/mol. The summed E-state index contributed by atoms with van der Waals surface area (Å²) in [6.07, 6.45) is -1.16. The lowest BCUT2D eigenvalue weighted by molar-refractivity contribution is -0.385. The third-order valence-corrected chi connectivity index (χ3v) is 6.53. The molecule has 10 heteroatoms. The predicted octanol–water partition coefficient (Wildman–Crippen LogP) is 3.97. The molecule has 36 heavy (non-hydrogen) atoms. The largest absolute Gasteiger partial charge is 0.493 e. The highest BCUT2D eigenvalue weighted by Crippen LogP contribution is 2.51. The van der Waals surface area contributed by atoms with E-state index in [0.717, 1.165) is 10.5 Å². The Hall–Kier alpha value is -4.44. The molecule has 0 unspecified atom stereocenters. The Balaban J connectivity index is 1.70. The van der Waals surface area contributed by atoms with Crippen molar-refractivity contribution in [2.24, 2.45) is 5.92 Å². The number of anilines is 2. The van der Waals surface area contributed by atoms with Crippen molar-refractivity contribution in [3.8, 4) is 11.5 Å². The summed E-state index contributed by atoms with van der Waals surface area (Å²) >= 11 is 0. The molecule has 5 rings (SSSR count). The Morgan fingerprint density at radius 1 is 0.917 bits per heavy atom. The molecule has 2 heterocycles. The van der Waals surface area contributed by atoms with Crippen LogP contribution in [0.15, 0.2) is 66.7 Å². The van der Waals surface area contributed by atoms with Gasteiger partial charge in [-0.05, 0) is 36.8 Å². The standard InChI is InChI=1S/C26H23N3O7/c1-15-9-7-8-12-18(15)27-25(30)22-23(17-13-20(34-2)21(35-3)14-19(17)29(32)33)28(36-24(22)26(27)31)16-10-5-4-6-11-16/h4-14,22-24H,1-3H3/t22-,23+,24+/m1/s1. The van der Waals surface area contributed by atoms with Crippen molar-refractivity contribution in [3.05, 3.63) is 88.0 Å². The van der Waals surface area contributed by atoms with Gasteiger partial charge in [-0.25, -0.2) is 9.96 Å². The lowest BCUT2D eigenvalue weighted by Crippen LogP contribution is -2.37. The molecule has 0 aromatic heterocycles. The monoisotopic (exact) mass is 489 g/mol.